The number of hydrogen-bond donors (Lipinski definition) is 0. The molecule has 25 heavy (non-hydrogen) atoms. The van der Waals surface area contributed by atoms with Gasteiger partial charge in [0.2, 0.25) is 0 Å². The van der Waals surface area contributed by atoms with Crippen molar-refractivity contribution < 1.29 is 14.3 Å². The third kappa shape index (κ3) is 3.26. The van der Waals surface area contributed by atoms with Crippen LogP contribution in [0.1, 0.15) is 37.1 Å². The smallest absolute Gasteiger partial charge is 0.251 e. The lowest BCUT2D eigenvalue weighted by Crippen LogP contribution is -2.47. The number of amides is 1. The fraction of sp³-hybridized carbons (Fsp3) is 0.611. The zero-order valence-electron chi connectivity index (χ0n) is 14.7. The van der Waals surface area contributed by atoms with E-state index in [-0.39, 0.29) is 12.0 Å². The van der Waals surface area contributed by atoms with Crippen LogP contribution in [0.25, 0.3) is 5.65 Å². The predicted octanol–water partition coefficient (Wildman–Crippen LogP) is 1.55. The lowest BCUT2D eigenvalue weighted by molar-refractivity contribution is -0.172. The highest BCUT2D eigenvalue weighted by Crippen LogP contribution is 2.28. The number of carbonyl (C=O) groups excluding carboxylic acids is 1. The van der Waals surface area contributed by atoms with Gasteiger partial charge in [0.15, 0.2) is 5.65 Å². The number of fused-ring (bicyclic) bond motifs is 1. The summed E-state index contributed by atoms with van der Waals surface area (Å²) in [5.41, 5.74) is 2.07. The Morgan fingerprint density at radius 1 is 1.32 bits per heavy atom. The summed E-state index contributed by atoms with van der Waals surface area (Å²) in [6.07, 6.45) is 3.51. The molecule has 7 nitrogen and oxygen atoms in total. The van der Waals surface area contributed by atoms with E-state index in [1.165, 1.54) is 5.56 Å². The van der Waals surface area contributed by atoms with E-state index >= 15 is 0 Å². The van der Waals surface area contributed by atoms with Crippen molar-refractivity contribution in [2.24, 2.45) is 0 Å². The highest BCUT2D eigenvalue weighted by atomic mass is 16.6. The molecule has 2 aromatic heterocycles. The van der Waals surface area contributed by atoms with Crippen LogP contribution in [-0.2, 0) is 14.3 Å². The van der Waals surface area contributed by atoms with Crippen LogP contribution in [0.4, 0.5) is 0 Å². The fourth-order valence-electron chi connectivity index (χ4n) is 3.54. The van der Waals surface area contributed by atoms with Crippen molar-refractivity contribution in [2.45, 2.75) is 44.8 Å². The van der Waals surface area contributed by atoms with E-state index < -0.39 is 6.10 Å². The van der Waals surface area contributed by atoms with E-state index in [1.807, 2.05) is 24.1 Å². The monoisotopic (exact) mass is 344 g/mol. The fourth-order valence-corrected chi connectivity index (χ4v) is 3.54. The van der Waals surface area contributed by atoms with Crippen LogP contribution < -0.4 is 0 Å². The second-order valence-corrected chi connectivity index (χ2v) is 7.03. The molecule has 134 valence electrons. The normalized spacial score (nSPS) is 20.6. The van der Waals surface area contributed by atoms with Crippen molar-refractivity contribution in [1.82, 2.24) is 19.5 Å². The first-order chi connectivity index (χ1) is 12.1. The SMILES string of the molecule is Cc1ccn2c(C3CCN(C(=O)C(C)OC4COC4)CC3)nnc2c1. The summed E-state index contributed by atoms with van der Waals surface area (Å²) in [6.45, 7) is 6.55. The van der Waals surface area contributed by atoms with Gasteiger partial charge in [-0.25, -0.2) is 0 Å². The zero-order valence-corrected chi connectivity index (χ0v) is 14.7. The van der Waals surface area contributed by atoms with Crippen LogP contribution in [0.2, 0.25) is 0 Å². The van der Waals surface area contributed by atoms with Crippen LogP contribution in [0, 0.1) is 6.92 Å². The van der Waals surface area contributed by atoms with Gasteiger partial charge in [0.25, 0.3) is 5.91 Å². The molecule has 4 rings (SSSR count). The number of ether oxygens (including phenoxy) is 2. The molecule has 4 heterocycles. The summed E-state index contributed by atoms with van der Waals surface area (Å²) in [4.78, 5) is 14.5. The quantitative estimate of drug-likeness (QED) is 0.842. The number of nitrogens with zero attached hydrogens (tertiary/aromatic N) is 4. The molecule has 2 fully saturated rings. The maximum absolute atomic E-state index is 12.5. The van der Waals surface area contributed by atoms with Crippen molar-refractivity contribution in [3.63, 3.8) is 0 Å². The van der Waals surface area contributed by atoms with E-state index in [1.54, 1.807) is 0 Å². The van der Waals surface area contributed by atoms with E-state index in [0.717, 1.165) is 37.4 Å². The maximum atomic E-state index is 12.5. The summed E-state index contributed by atoms with van der Waals surface area (Å²) in [5, 5.41) is 8.68. The van der Waals surface area contributed by atoms with Crippen LogP contribution in [0.3, 0.4) is 0 Å². The number of hydrogen-bond acceptors (Lipinski definition) is 5. The zero-order chi connectivity index (χ0) is 17.4. The van der Waals surface area contributed by atoms with Crippen molar-refractivity contribution in [1.29, 1.82) is 0 Å². The van der Waals surface area contributed by atoms with Gasteiger partial charge in [-0.05, 0) is 44.4 Å². The Hall–Kier alpha value is -1.99. The molecule has 0 bridgehead atoms. The highest BCUT2D eigenvalue weighted by Gasteiger charge is 2.31. The average Bonchev–Trinajstić information content (AvgIpc) is 3.00. The Morgan fingerprint density at radius 3 is 2.76 bits per heavy atom. The number of rotatable bonds is 4. The van der Waals surface area contributed by atoms with Crippen LogP contribution >= 0.6 is 0 Å². The summed E-state index contributed by atoms with van der Waals surface area (Å²) < 4.78 is 12.9. The number of aromatic nitrogens is 3. The van der Waals surface area contributed by atoms with Crippen LogP contribution in [0.15, 0.2) is 18.3 Å². The van der Waals surface area contributed by atoms with Crippen LogP contribution in [-0.4, -0.2) is 63.9 Å². The molecular formula is C18H24N4O3. The molecule has 1 unspecified atom stereocenters. The molecular weight excluding hydrogens is 320 g/mol. The predicted molar refractivity (Wildman–Crippen MR) is 91.4 cm³/mol. The van der Waals surface area contributed by atoms with E-state index in [0.29, 0.717) is 19.1 Å². The Morgan fingerprint density at radius 2 is 2.08 bits per heavy atom. The van der Waals surface area contributed by atoms with Gasteiger partial charge >= 0.3 is 0 Å². The molecule has 1 atom stereocenters. The molecule has 2 saturated heterocycles. The number of pyridine rings is 1. The van der Waals surface area contributed by atoms with Gasteiger partial charge in [-0.15, -0.1) is 10.2 Å². The van der Waals surface area contributed by atoms with Gasteiger partial charge in [0, 0.05) is 25.2 Å². The molecule has 0 N–H and O–H groups in total. The number of carbonyl (C=O) groups is 1. The molecule has 2 aliphatic rings. The molecule has 0 aliphatic carbocycles. The third-order valence-corrected chi connectivity index (χ3v) is 5.12. The van der Waals surface area contributed by atoms with Gasteiger partial charge in [0.05, 0.1) is 13.2 Å². The van der Waals surface area contributed by atoms with Crippen LogP contribution in [0.5, 0.6) is 0 Å². The molecule has 0 aromatic carbocycles. The van der Waals surface area contributed by atoms with Crippen molar-refractivity contribution in [3.8, 4) is 0 Å². The summed E-state index contributed by atoms with van der Waals surface area (Å²) in [5.74, 6) is 1.41. The summed E-state index contributed by atoms with van der Waals surface area (Å²) in [6, 6.07) is 4.11. The Bertz CT molecular complexity index is 763. The minimum atomic E-state index is -0.401. The van der Waals surface area contributed by atoms with Gasteiger partial charge in [-0.2, -0.15) is 0 Å². The molecule has 0 spiro atoms. The van der Waals surface area contributed by atoms with E-state index in [4.69, 9.17) is 9.47 Å². The molecule has 0 radical (unpaired) electrons. The largest absolute Gasteiger partial charge is 0.376 e. The molecule has 1 amide bonds. The second kappa shape index (κ2) is 6.72. The lowest BCUT2D eigenvalue weighted by atomic mass is 9.95. The van der Waals surface area contributed by atoms with Gasteiger partial charge in [-0.1, -0.05) is 0 Å². The van der Waals surface area contributed by atoms with Crippen molar-refractivity contribution >= 4 is 11.6 Å². The minimum Gasteiger partial charge on any atom is -0.376 e. The standard InChI is InChI=1S/C18H24N4O3/c1-12-3-8-22-16(9-12)19-20-17(22)14-4-6-21(7-5-14)18(23)13(2)25-15-10-24-11-15/h3,8-9,13-15H,4-7,10-11H2,1-2H3. The Labute approximate surface area is 146 Å². The number of aryl methyl sites for hydroxylation is 1. The molecule has 7 heteroatoms. The minimum absolute atomic E-state index is 0.0716. The number of likely N-dealkylation sites (tertiary alicyclic amines) is 1. The van der Waals surface area contributed by atoms with E-state index in [9.17, 15) is 4.79 Å². The Kier molecular flexibility index (Phi) is 4.43. The third-order valence-electron chi connectivity index (χ3n) is 5.12. The average molecular weight is 344 g/mol. The lowest BCUT2D eigenvalue weighted by Gasteiger charge is -2.35. The topological polar surface area (TPSA) is 69.0 Å². The first-order valence-electron chi connectivity index (χ1n) is 8.95. The Balaban J connectivity index is 1.38. The highest BCUT2D eigenvalue weighted by molar-refractivity contribution is 5.80. The maximum Gasteiger partial charge on any atom is 0.251 e. The molecule has 2 aliphatic heterocycles. The summed E-state index contributed by atoms with van der Waals surface area (Å²) >= 11 is 0. The van der Waals surface area contributed by atoms with Gasteiger partial charge in [0.1, 0.15) is 18.0 Å². The summed E-state index contributed by atoms with van der Waals surface area (Å²) in [7, 11) is 0. The first-order valence-corrected chi connectivity index (χ1v) is 8.95. The first kappa shape index (κ1) is 16.5. The second-order valence-electron chi connectivity index (χ2n) is 7.03. The van der Waals surface area contributed by atoms with Crippen molar-refractivity contribution in [3.05, 3.63) is 29.7 Å². The molecule has 2 aromatic rings. The van der Waals surface area contributed by atoms with Crippen molar-refractivity contribution in [2.75, 3.05) is 26.3 Å². The van der Waals surface area contributed by atoms with Gasteiger partial charge < -0.3 is 14.4 Å². The van der Waals surface area contributed by atoms with E-state index in [2.05, 4.69) is 27.6 Å². The van der Waals surface area contributed by atoms with Gasteiger partial charge in [-0.3, -0.25) is 9.20 Å². The number of piperidine rings is 1. The molecule has 0 saturated carbocycles.